The summed E-state index contributed by atoms with van der Waals surface area (Å²) in [5.74, 6) is 0.784. The van der Waals surface area contributed by atoms with Gasteiger partial charge in [-0.3, -0.25) is 4.90 Å². The number of fused-ring (bicyclic) bond motifs is 2. The topological polar surface area (TPSA) is 52.0 Å². The summed E-state index contributed by atoms with van der Waals surface area (Å²) in [6.07, 6.45) is 5.07. The van der Waals surface area contributed by atoms with E-state index in [0.717, 1.165) is 19.0 Å². The van der Waals surface area contributed by atoms with Gasteiger partial charge in [0.1, 0.15) is 11.8 Å². The van der Waals surface area contributed by atoms with Gasteiger partial charge in [0.05, 0.1) is 11.4 Å². The Morgan fingerprint density at radius 1 is 1.52 bits per heavy atom. The summed E-state index contributed by atoms with van der Waals surface area (Å²) in [4.78, 5) is 7.15. The van der Waals surface area contributed by atoms with Crippen LogP contribution in [0.25, 0.3) is 0 Å². The third-order valence-electron chi connectivity index (χ3n) is 5.31. The molecule has 3 heterocycles. The van der Waals surface area contributed by atoms with Gasteiger partial charge in [0.15, 0.2) is 0 Å². The number of hydrogen-bond donors (Lipinski definition) is 1. The van der Waals surface area contributed by atoms with Crippen molar-refractivity contribution in [3.63, 3.8) is 0 Å². The smallest absolute Gasteiger partial charge is 0.141 e. The molecule has 1 N–H and O–H groups in total. The van der Waals surface area contributed by atoms with Crippen molar-refractivity contribution in [3.8, 4) is 6.07 Å². The molecule has 0 bridgehead atoms. The third-order valence-corrected chi connectivity index (χ3v) is 5.31. The number of nitriles is 1. The fourth-order valence-corrected chi connectivity index (χ4v) is 3.94. The maximum Gasteiger partial charge on any atom is 0.141 e. The van der Waals surface area contributed by atoms with Crippen LogP contribution in [-0.4, -0.2) is 29.5 Å². The molecular weight excluding hydrogens is 260 g/mol. The Kier molecular flexibility index (Phi) is 2.93. The van der Waals surface area contributed by atoms with Crippen LogP contribution in [0.15, 0.2) is 6.07 Å². The van der Waals surface area contributed by atoms with E-state index in [2.05, 4.69) is 28.2 Å². The molecule has 21 heavy (non-hydrogen) atoms. The van der Waals surface area contributed by atoms with Gasteiger partial charge in [-0.1, -0.05) is 6.92 Å². The minimum Gasteiger partial charge on any atom is -0.382 e. The molecule has 4 rings (SSSR count). The first-order valence-corrected chi connectivity index (χ1v) is 8.11. The number of nitrogens with zero attached hydrogens (tertiary/aromatic N) is 3. The molecule has 1 aliphatic carbocycles. The van der Waals surface area contributed by atoms with Crippen molar-refractivity contribution in [2.45, 2.75) is 44.6 Å². The first-order valence-electron chi connectivity index (χ1n) is 8.11. The highest BCUT2D eigenvalue weighted by atomic mass is 15.1. The molecule has 3 aliphatic rings. The van der Waals surface area contributed by atoms with Crippen LogP contribution in [0.1, 0.15) is 49.6 Å². The van der Waals surface area contributed by atoms with Gasteiger partial charge < -0.3 is 5.32 Å². The van der Waals surface area contributed by atoms with Crippen molar-refractivity contribution in [1.82, 2.24) is 9.88 Å². The van der Waals surface area contributed by atoms with Gasteiger partial charge >= 0.3 is 0 Å². The number of aromatic nitrogens is 1. The molecule has 1 atom stereocenters. The maximum atomic E-state index is 9.29. The molecule has 2 aliphatic heterocycles. The van der Waals surface area contributed by atoms with Crippen molar-refractivity contribution in [3.05, 3.63) is 23.0 Å². The fourth-order valence-electron chi connectivity index (χ4n) is 3.94. The molecule has 0 unspecified atom stereocenters. The van der Waals surface area contributed by atoms with Gasteiger partial charge in [-0.2, -0.15) is 5.26 Å². The first-order chi connectivity index (χ1) is 10.2. The molecule has 2 fully saturated rings. The molecule has 110 valence electrons. The number of likely N-dealkylation sites (tertiary alicyclic amines) is 1. The predicted octanol–water partition coefficient (Wildman–Crippen LogP) is 2.64. The average Bonchev–Trinajstić information content (AvgIpc) is 3.17. The van der Waals surface area contributed by atoms with Crippen molar-refractivity contribution >= 4 is 5.69 Å². The van der Waals surface area contributed by atoms with Crippen LogP contribution >= 0.6 is 0 Å². The third kappa shape index (κ3) is 2.20. The Morgan fingerprint density at radius 3 is 3.10 bits per heavy atom. The monoisotopic (exact) mass is 282 g/mol. The Hall–Kier alpha value is -1.60. The highest BCUT2D eigenvalue weighted by Crippen LogP contribution is 2.54. The van der Waals surface area contributed by atoms with Crippen LogP contribution in [0.4, 0.5) is 5.69 Å². The number of hydrogen-bond acceptors (Lipinski definition) is 4. The second-order valence-corrected chi connectivity index (χ2v) is 7.12. The zero-order valence-corrected chi connectivity index (χ0v) is 12.7. The van der Waals surface area contributed by atoms with Gasteiger partial charge in [-0.15, -0.1) is 0 Å². The van der Waals surface area contributed by atoms with Crippen LogP contribution in [0, 0.1) is 17.2 Å². The van der Waals surface area contributed by atoms with Crippen LogP contribution < -0.4 is 5.32 Å². The van der Waals surface area contributed by atoms with Crippen molar-refractivity contribution in [2.24, 2.45) is 5.92 Å². The highest BCUT2D eigenvalue weighted by Gasteiger charge is 2.51. The first kappa shape index (κ1) is 13.1. The molecule has 1 saturated carbocycles. The van der Waals surface area contributed by atoms with Gasteiger partial charge in [-0.05, 0) is 49.8 Å². The molecule has 1 aromatic heterocycles. The van der Waals surface area contributed by atoms with Crippen molar-refractivity contribution in [2.75, 3.05) is 25.0 Å². The standard InChI is InChI=1S/C17H22N4/c1-12-3-2-6-21(9-12)10-13-7-14(8-18)20-16-15(13)19-11-17(16)4-5-17/h7,12,19H,2-6,9-11H2,1H3/t12-/m1/s1. The lowest BCUT2D eigenvalue weighted by atomic mass is 9.98. The van der Waals surface area contributed by atoms with Crippen LogP contribution in [0.2, 0.25) is 0 Å². The summed E-state index contributed by atoms with van der Waals surface area (Å²) < 4.78 is 0. The van der Waals surface area contributed by atoms with E-state index in [4.69, 9.17) is 0 Å². The zero-order chi connectivity index (χ0) is 14.4. The highest BCUT2D eigenvalue weighted by molar-refractivity contribution is 5.65. The minimum absolute atomic E-state index is 0.256. The quantitative estimate of drug-likeness (QED) is 0.906. The number of rotatable bonds is 2. The van der Waals surface area contributed by atoms with Crippen molar-refractivity contribution in [1.29, 1.82) is 5.26 Å². The van der Waals surface area contributed by atoms with E-state index in [1.165, 1.54) is 55.7 Å². The second kappa shape index (κ2) is 4.71. The number of anilines is 1. The van der Waals surface area contributed by atoms with Crippen LogP contribution in [0.5, 0.6) is 0 Å². The van der Waals surface area contributed by atoms with E-state index < -0.39 is 0 Å². The SMILES string of the molecule is C[C@@H]1CCCN(Cc2cc(C#N)nc3c2NCC32CC2)C1. The van der Waals surface area contributed by atoms with E-state index in [9.17, 15) is 5.26 Å². The Morgan fingerprint density at radius 2 is 2.38 bits per heavy atom. The summed E-state index contributed by atoms with van der Waals surface area (Å²) in [6.45, 7) is 6.64. The molecule has 0 aromatic carbocycles. The van der Waals surface area contributed by atoms with Crippen LogP contribution in [0.3, 0.4) is 0 Å². The van der Waals surface area contributed by atoms with E-state index in [-0.39, 0.29) is 5.41 Å². The number of piperidine rings is 1. The van der Waals surface area contributed by atoms with Gasteiger partial charge in [0, 0.05) is 25.0 Å². The number of pyridine rings is 1. The number of nitrogens with one attached hydrogen (secondary N) is 1. The van der Waals surface area contributed by atoms with Gasteiger partial charge in [0.25, 0.3) is 0 Å². The maximum absolute atomic E-state index is 9.29. The van der Waals surface area contributed by atoms with Crippen molar-refractivity contribution < 1.29 is 0 Å². The fraction of sp³-hybridized carbons (Fsp3) is 0.647. The lowest BCUT2D eigenvalue weighted by Gasteiger charge is -2.31. The molecule has 0 amide bonds. The second-order valence-electron chi connectivity index (χ2n) is 7.12. The molecule has 1 saturated heterocycles. The molecule has 1 aromatic rings. The summed E-state index contributed by atoms with van der Waals surface area (Å²) >= 11 is 0. The van der Waals surface area contributed by atoms with Gasteiger partial charge in [0.2, 0.25) is 0 Å². The zero-order valence-electron chi connectivity index (χ0n) is 12.7. The molecule has 1 spiro atoms. The Labute approximate surface area is 126 Å². The molecule has 0 radical (unpaired) electrons. The largest absolute Gasteiger partial charge is 0.382 e. The van der Waals surface area contributed by atoms with E-state index in [1.807, 2.05) is 6.07 Å². The summed E-state index contributed by atoms with van der Waals surface area (Å²) in [5.41, 5.74) is 4.51. The summed E-state index contributed by atoms with van der Waals surface area (Å²) in [6, 6.07) is 4.24. The van der Waals surface area contributed by atoms with Crippen LogP contribution in [-0.2, 0) is 12.0 Å². The Balaban J connectivity index is 1.66. The molecular formula is C17H22N4. The molecule has 4 nitrogen and oxygen atoms in total. The van der Waals surface area contributed by atoms with E-state index >= 15 is 0 Å². The summed E-state index contributed by atoms with van der Waals surface area (Å²) in [5, 5.41) is 12.9. The van der Waals surface area contributed by atoms with E-state index in [1.54, 1.807) is 0 Å². The summed E-state index contributed by atoms with van der Waals surface area (Å²) in [7, 11) is 0. The van der Waals surface area contributed by atoms with Gasteiger partial charge in [-0.25, -0.2) is 4.98 Å². The normalized spacial score (nSPS) is 26.2. The predicted molar refractivity (Wildman–Crippen MR) is 82.0 cm³/mol. The molecule has 4 heteroatoms. The lowest BCUT2D eigenvalue weighted by molar-refractivity contribution is 0.177. The minimum atomic E-state index is 0.256. The van der Waals surface area contributed by atoms with E-state index in [0.29, 0.717) is 5.69 Å². The lowest BCUT2D eigenvalue weighted by Crippen LogP contribution is -2.33. The average molecular weight is 282 g/mol. The Bertz CT molecular complexity index is 612.